The van der Waals surface area contributed by atoms with Crippen LogP contribution in [-0.4, -0.2) is 4.21 Å². The molecule has 0 aliphatic rings. The van der Waals surface area contributed by atoms with Gasteiger partial charge in [-0.1, -0.05) is 17.7 Å². The first-order chi connectivity index (χ1) is 5.24. The maximum atomic E-state index is 11.0. The quantitative estimate of drug-likeness (QED) is 0.577. The van der Waals surface area contributed by atoms with Crippen molar-refractivity contribution in [2.24, 2.45) is 0 Å². The second-order valence-electron chi connectivity index (χ2n) is 2.20. The summed E-state index contributed by atoms with van der Waals surface area (Å²) in [7, 11) is -1.27. The molecule has 11 heavy (non-hydrogen) atoms. The summed E-state index contributed by atoms with van der Waals surface area (Å²) in [6.07, 6.45) is 4.99. The SMILES string of the molecule is C#C[S@](=O)c1ccc(C)cc1. The molecule has 0 heterocycles. The van der Waals surface area contributed by atoms with Crippen LogP contribution in [-0.2, 0) is 10.8 Å². The van der Waals surface area contributed by atoms with E-state index in [0.717, 1.165) is 5.56 Å². The Morgan fingerprint density at radius 3 is 2.36 bits per heavy atom. The first-order valence-corrected chi connectivity index (χ1v) is 4.33. The first-order valence-electron chi connectivity index (χ1n) is 3.18. The van der Waals surface area contributed by atoms with Crippen LogP contribution in [0.5, 0.6) is 0 Å². The Bertz CT molecular complexity index is 305. The van der Waals surface area contributed by atoms with Gasteiger partial charge in [-0.25, -0.2) is 4.21 Å². The van der Waals surface area contributed by atoms with E-state index >= 15 is 0 Å². The van der Waals surface area contributed by atoms with Crippen LogP contribution < -0.4 is 0 Å². The molecule has 56 valence electrons. The van der Waals surface area contributed by atoms with Crippen molar-refractivity contribution in [3.63, 3.8) is 0 Å². The van der Waals surface area contributed by atoms with Gasteiger partial charge in [0.15, 0.2) is 0 Å². The zero-order chi connectivity index (χ0) is 8.27. The van der Waals surface area contributed by atoms with Gasteiger partial charge in [0.05, 0.1) is 4.90 Å². The fraction of sp³-hybridized carbons (Fsp3) is 0.111. The lowest BCUT2D eigenvalue weighted by Gasteiger charge is -1.94. The number of hydrogen-bond acceptors (Lipinski definition) is 1. The van der Waals surface area contributed by atoms with Crippen molar-refractivity contribution >= 4 is 10.8 Å². The molecule has 0 N–H and O–H groups in total. The summed E-state index contributed by atoms with van der Waals surface area (Å²) in [5.74, 6) is 0. The van der Waals surface area contributed by atoms with E-state index in [1.165, 1.54) is 0 Å². The monoisotopic (exact) mass is 164 g/mol. The molecule has 0 aliphatic carbocycles. The van der Waals surface area contributed by atoms with Crippen LogP contribution in [0.1, 0.15) is 5.56 Å². The molecule has 1 atom stereocenters. The molecular weight excluding hydrogens is 156 g/mol. The van der Waals surface area contributed by atoms with Crippen molar-refractivity contribution in [2.75, 3.05) is 0 Å². The van der Waals surface area contributed by atoms with Crippen molar-refractivity contribution in [1.29, 1.82) is 0 Å². The third kappa shape index (κ3) is 1.92. The fourth-order valence-corrected chi connectivity index (χ4v) is 1.25. The highest BCUT2D eigenvalue weighted by Gasteiger charge is 1.96. The van der Waals surface area contributed by atoms with Gasteiger partial charge in [0.2, 0.25) is 0 Å². The third-order valence-electron chi connectivity index (χ3n) is 1.34. The number of hydrogen-bond donors (Lipinski definition) is 0. The molecule has 2 heteroatoms. The van der Waals surface area contributed by atoms with Crippen molar-refractivity contribution < 1.29 is 4.21 Å². The summed E-state index contributed by atoms with van der Waals surface area (Å²) >= 11 is 0. The minimum Gasteiger partial charge on any atom is -0.240 e. The van der Waals surface area contributed by atoms with Crippen molar-refractivity contribution in [2.45, 2.75) is 11.8 Å². The summed E-state index contributed by atoms with van der Waals surface area (Å²) in [6.45, 7) is 1.97. The minimum absolute atomic E-state index is 0.693. The number of terminal acetylenes is 1. The molecule has 1 rings (SSSR count). The second kappa shape index (κ2) is 3.36. The molecule has 1 aromatic carbocycles. The van der Waals surface area contributed by atoms with E-state index in [9.17, 15) is 4.21 Å². The predicted octanol–water partition coefficient (Wildman–Crippen LogP) is 1.69. The highest BCUT2D eigenvalue weighted by Crippen LogP contribution is 2.06. The largest absolute Gasteiger partial charge is 0.240 e. The second-order valence-corrected chi connectivity index (χ2v) is 3.44. The summed E-state index contributed by atoms with van der Waals surface area (Å²) in [4.78, 5) is 0.693. The van der Waals surface area contributed by atoms with E-state index in [2.05, 4.69) is 5.25 Å². The molecule has 0 amide bonds. The summed E-state index contributed by atoms with van der Waals surface area (Å²) in [5, 5.41) is 2.17. The minimum atomic E-state index is -1.27. The van der Waals surface area contributed by atoms with E-state index < -0.39 is 10.8 Å². The van der Waals surface area contributed by atoms with Gasteiger partial charge in [-0.05, 0) is 24.3 Å². The Balaban J connectivity index is 3.01. The van der Waals surface area contributed by atoms with E-state index in [1.807, 2.05) is 19.1 Å². The van der Waals surface area contributed by atoms with Gasteiger partial charge in [-0.3, -0.25) is 0 Å². The van der Waals surface area contributed by atoms with Crippen LogP contribution in [0.15, 0.2) is 29.2 Å². The van der Waals surface area contributed by atoms with Crippen molar-refractivity contribution in [1.82, 2.24) is 0 Å². The lowest BCUT2D eigenvalue weighted by atomic mass is 10.2. The van der Waals surface area contributed by atoms with Crippen LogP contribution in [0, 0.1) is 18.6 Å². The molecule has 0 unspecified atom stereocenters. The van der Waals surface area contributed by atoms with Crippen molar-refractivity contribution in [3.05, 3.63) is 29.8 Å². The van der Waals surface area contributed by atoms with E-state index in [-0.39, 0.29) is 0 Å². The summed E-state index contributed by atoms with van der Waals surface area (Å²) in [6, 6.07) is 7.35. The molecule has 0 saturated heterocycles. The molecular formula is C9H8OS. The van der Waals surface area contributed by atoms with Crippen LogP contribution in [0.3, 0.4) is 0 Å². The summed E-state index contributed by atoms with van der Waals surface area (Å²) in [5.41, 5.74) is 1.14. The van der Waals surface area contributed by atoms with Gasteiger partial charge in [-0.15, -0.1) is 6.42 Å². The van der Waals surface area contributed by atoms with Crippen molar-refractivity contribution in [3.8, 4) is 11.7 Å². The maximum Gasteiger partial charge on any atom is 0.129 e. The highest BCUT2D eigenvalue weighted by atomic mass is 32.2. The van der Waals surface area contributed by atoms with Crippen LogP contribution in [0.2, 0.25) is 0 Å². The van der Waals surface area contributed by atoms with Crippen LogP contribution >= 0.6 is 0 Å². The zero-order valence-corrected chi connectivity index (χ0v) is 7.02. The number of rotatable bonds is 1. The smallest absolute Gasteiger partial charge is 0.129 e. The van der Waals surface area contributed by atoms with Gasteiger partial charge in [0.25, 0.3) is 0 Å². The summed E-state index contributed by atoms with van der Waals surface area (Å²) < 4.78 is 11.0. The average molecular weight is 164 g/mol. The highest BCUT2D eigenvalue weighted by molar-refractivity contribution is 7.89. The predicted molar refractivity (Wildman–Crippen MR) is 46.4 cm³/mol. The van der Waals surface area contributed by atoms with Gasteiger partial charge in [-0.2, -0.15) is 0 Å². The first kappa shape index (κ1) is 8.03. The van der Waals surface area contributed by atoms with Gasteiger partial charge < -0.3 is 0 Å². The molecule has 1 aromatic rings. The fourth-order valence-electron chi connectivity index (χ4n) is 0.730. The lowest BCUT2D eigenvalue weighted by Crippen LogP contribution is -1.85. The third-order valence-corrected chi connectivity index (χ3v) is 2.26. The van der Waals surface area contributed by atoms with E-state index in [0.29, 0.717) is 4.90 Å². The Labute approximate surface area is 68.9 Å². The Morgan fingerprint density at radius 2 is 1.91 bits per heavy atom. The number of aryl methyl sites for hydroxylation is 1. The molecule has 0 aromatic heterocycles. The molecule has 0 fully saturated rings. The molecule has 0 radical (unpaired) electrons. The average Bonchev–Trinajstić information content (AvgIpc) is 2.05. The zero-order valence-electron chi connectivity index (χ0n) is 6.20. The van der Waals surface area contributed by atoms with Gasteiger partial charge in [0, 0.05) is 0 Å². The topological polar surface area (TPSA) is 17.1 Å². The lowest BCUT2D eigenvalue weighted by molar-refractivity contribution is 0.689. The van der Waals surface area contributed by atoms with E-state index in [1.54, 1.807) is 12.1 Å². The number of benzene rings is 1. The maximum absolute atomic E-state index is 11.0. The van der Waals surface area contributed by atoms with Crippen LogP contribution in [0.4, 0.5) is 0 Å². The van der Waals surface area contributed by atoms with E-state index in [4.69, 9.17) is 6.42 Å². The molecule has 1 nitrogen and oxygen atoms in total. The molecule has 0 saturated carbocycles. The molecule has 0 aliphatic heterocycles. The Morgan fingerprint density at radius 1 is 1.36 bits per heavy atom. The van der Waals surface area contributed by atoms with Gasteiger partial charge in [0.1, 0.15) is 10.8 Å². The molecule has 0 spiro atoms. The molecule has 0 bridgehead atoms. The van der Waals surface area contributed by atoms with Crippen LogP contribution in [0.25, 0.3) is 0 Å². The standard InChI is InChI=1S/C9H8OS/c1-3-11(10)9-6-4-8(2)5-7-9/h1,4-7H,2H3/t11-/m0/s1. The Hall–Kier alpha value is -1.07. The van der Waals surface area contributed by atoms with Gasteiger partial charge >= 0.3 is 0 Å². The normalized spacial score (nSPS) is 12.0. The Kier molecular flexibility index (Phi) is 2.45.